The molecule has 0 heterocycles. The van der Waals surface area contributed by atoms with Crippen molar-refractivity contribution in [2.75, 3.05) is 0 Å². The van der Waals surface area contributed by atoms with Crippen molar-refractivity contribution in [3.63, 3.8) is 0 Å². The fraction of sp³-hybridized carbons (Fsp3) is 0.143. The van der Waals surface area contributed by atoms with Crippen molar-refractivity contribution in [3.05, 3.63) is 89.5 Å². The second kappa shape index (κ2) is 7.49. The molecule has 1 nitrogen and oxygen atoms in total. The van der Waals surface area contributed by atoms with Crippen molar-refractivity contribution >= 4 is 10.9 Å². The first-order valence-corrected chi connectivity index (χ1v) is 8.80. The van der Waals surface area contributed by atoms with E-state index in [2.05, 4.69) is 93.6 Å². The molecule has 0 atom stereocenters. The van der Waals surface area contributed by atoms with Crippen LogP contribution in [-0.4, -0.2) is 5.48 Å². The lowest BCUT2D eigenvalue weighted by molar-refractivity contribution is 0.824. The molecule has 0 radical (unpaired) electrons. The maximum absolute atomic E-state index is 2.26. The van der Waals surface area contributed by atoms with Gasteiger partial charge in [0.05, 0.1) is 10.9 Å². The van der Waals surface area contributed by atoms with Crippen LogP contribution in [0.25, 0.3) is 0 Å². The van der Waals surface area contributed by atoms with Crippen LogP contribution in [0.5, 0.6) is 0 Å². The van der Waals surface area contributed by atoms with E-state index < -0.39 is 0 Å². The molecule has 3 aromatic rings. The Kier molecular flexibility index (Phi) is 5.64. The lowest BCUT2D eigenvalue weighted by atomic mass is 10.2. The van der Waals surface area contributed by atoms with Crippen LogP contribution in [-0.2, 0) is 10.9 Å². The molecule has 1 N–H and O–H groups in total. The Morgan fingerprint density at radius 3 is 0.870 bits per heavy atom. The molecule has 0 aliphatic carbocycles. The van der Waals surface area contributed by atoms with Gasteiger partial charge in [-0.25, -0.2) is 0 Å². The largest absolute Gasteiger partial charge is 0.870 e. The number of hydrogen-bond donors (Lipinski definition) is 0. The van der Waals surface area contributed by atoms with Crippen LogP contribution in [0.2, 0.25) is 0 Å². The summed E-state index contributed by atoms with van der Waals surface area (Å²) in [5.74, 6) is 0. The summed E-state index contributed by atoms with van der Waals surface area (Å²) >= 11 is 0. The molecule has 0 spiro atoms. The standard InChI is InChI=1S/C21H21S.H2O/c1-16-4-10-19(11-5-16)22(20-12-6-17(2)7-13-20)21-14-8-18(3)9-15-21;/h4-15H,1-3H3;1H2/q+1;/p-1. The van der Waals surface area contributed by atoms with E-state index in [1.54, 1.807) is 0 Å². The molecule has 0 saturated carbocycles. The summed E-state index contributed by atoms with van der Waals surface area (Å²) in [6.45, 7) is 6.42. The Morgan fingerprint density at radius 2 is 0.652 bits per heavy atom. The second-order valence-corrected chi connectivity index (χ2v) is 7.77. The third-order valence-electron chi connectivity index (χ3n) is 3.77. The molecular weight excluding hydrogens is 300 g/mol. The third-order valence-corrected chi connectivity index (χ3v) is 6.00. The highest BCUT2D eigenvalue weighted by molar-refractivity contribution is 7.97. The fourth-order valence-corrected chi connectivity index (χ4v) is 4.47. The van der Waals surface area contributed by atoms with E-state index in [1.165, 1.54) is 31.4 Å². The van der Waals surface area contributed by atoms with Crippen molar-refractivity contribution in [1.82, 2.24) is 0 Å². The van der Waals surface area contributed by atoms with Crippen LogP contribution >= 0.6 is 0 Å². The van der Waals surface area contributed by atoms with Gasteiger partial charge in [0.25, 0.3) is 0 Å². The average molecular weight is 322 g/mol. The maximum Gasteiger partial charge on any atom is 0.166 e. The number of benzene rings is 3. The molecule has 118 valence electrons. The highest BCUT2D eigenvalue weighted by Crippen LogP contribution is 2.31. The molecule has 0 amide bonds. The summed E-state index contributed by atoms with van der Waals surface area (Å²) in [5.41, 5.74) is 3.92. The van der Waals surface area contributed by atoms with Crippen LogP contribution in [0.3, 0.4) is 0 Å². The van der Waals surface area contributed by atoms with Gasteiger partial charge < -0.3 is 5.48 Å². The normalized spacial score (nSPS) is 10.4. The molecule has 0 fully saturated rings. The zero-order valence-corrected chi connectivity index (χ0v) is 14.6. The third kappa shape index (κ3) is 4.04. The van der Waals surface area contributed by atoms with Crippen LogP contribution < -0.4 is 0 Å². The summed E-state index contributed by atoms with van der Waals surface area (Å²) in [7, 11) is -0.0394. The summed E-state index contributed by atoms with van der Waals surface area (Å²) < 4.78 is 0. The van der Waals surface area contributed by atoms with E-state index in [4.69, 9.17) is 0 Å². The van der Waals surface area contributed by atoms with E-state index >= 15 is 0 Å². The maximum atomic E-state index is 2.26. The monoisotopic (exact) mass is 322 g/mol. The molecule has 2 heteroatoms. The summed E-state index contributed by atoms with van der Waals surface area (Å²) in [5, 5.41) is 0. The zero-order chi connectivity index (χ0) is 15.5. The van der Waals surface area contributed by atoms with Crippen LogP contribution in [0, 0.1) is 20.8 Å². The van der Waals surface area contributed by atoms with E-state index in [-0.39, 0.29) is 16.4 Å². The summed E-state index contributed by atoms with van der Waals surface area (Å²) in [4.78, 5) is 4.12. The van der Waals surface area contributed by atoms with Crippen LogP contribution in [0.1, 0.15) is 16.7 Å². The predicted molar refractivity (Wildman–Crippen MR) is 97.6 cm³/mol. The van der Waals surface area contributed by atoms with Crippen LogP contribution in [0.4, 0.5) is 0 Å². The van der Waals surface area contributed by atoms with E-state index in [0.717, 1.165) is 0 Å². The van der Waals surface area contributed by atoms with Gasteiger partial charge in [0.15, 0.2) is 14.7 Å². The molecule has 0 aromatic heterocycles. The van der Waals surface area contributed by atoms with Gasteiger partial charge >= 0.3 is 0 Å². The molecule has 0 aliphatic rings. The lowest BCUT2D eigenvalue weighted by Gasteiger charge is -2.09. The van der Waals surface area contributed by atoms with Crippen LogP contribution in [0.15, 0.2) is 87.5 Å². The van der Waals surface area contributed by atoms with Gasteiger partial charge in [-0.2, -0.15) is 0 Å². The topological polar surface area (TPSA) is 30.0 Å². The van der Waals surface area contributed by atoms with Crippen molar-refractivity contribution in [2.45, 2.75) is 35.5 Å². The minimum absolute atomic E-state index is 0. The lowest BCUT2D eigenvalue weighted by Crippen LogP contribution is -2.04. The molecule has 3 aromatic carbocycles. The minimum atomic E-state index is -0.0394. The quantitative estimate of drug-likeness (QED) is 0.583. The van der Waals surface area contributed by atoms with Crippen molar-refractivity contribution in [3.8, 4) is 0 Å². The molecule has 0 unspecified atom stereocenters. The van der Waals surface area contributed by atoms with Gasteiger partial charge in [-0.1, -0.05) is 53.1 Å². The summed E-state index contributed by atoms with van der Waals surface area (Å²) in [6.07, 6.45) is 0. The van der Waals surface area contributed by atoms with Gasteiger partial charge in [0.2, 0.25) is 0 Å². The van der Waals surface area contributed by atoms with Gasteiger partial charge in [-0.3, -0.25) is 0 Å². The van der Waals surface area contributed by atoms with Gasteiger partial charge in [-0.05, 0) is 57.2 Å². The van der Waals surface area contributed by atoms with E-state index in [9.17, 15) is 0 Å². The smallest absolute Gasteiger partial charge is 0.166 e. The zero-order valence-electron chi connectivity index (χ0n) is 13.8. The van der Waals surface area contributed by atoms with Crippen molar-refractivity contribution < 1.29 is 5.48 Å². The fourth-order valence-electron chi connectivity index (χ4n) is 2.43. The second-order valence-electron chi connectivity index (χ2n) is 5.75. The molecular formula is C21H22OS. The van der Waals surface area contributed by atoms with Gasteiger partial charge in [0, 0.05) is 0 Å². The molecule has 23 heavy (non-hydrogen) atoms. The number of rotatable bonds is 3. The van der Waals surface area contributed by atoms with E-state index in [0.29, 0.717) is 0 Å². The molecule has 0 bridgehead atoms. The Balaban J connectivity index is 0.00000192. The first-order valence-electron chi connectivity index (χ1n) is 7.58. The Morgan fingerprint density at radius 1 is 0.435 bits per heavy atom. The Labute approximate surface area is 141 Å². The Hall–Kier alpha value is -2.03. The first-order chi connectivity index (χ1) is 10.6. The first kappa shape index (κ1) is 17.3. The van der Waals surface area contributed by atoms with E-state index in [1.807, 2.05) is 0 Å². The average Bonchev–Trinajstić information content (AvgIpc) is 2.53. The number of hydrogen-bond acceptors (Lipinski definition) is 1. The Bertz CT molecular complexity index is 635. The predicted octanol–water partition coefficient (Wildman–Crippen LogP) is 5.53. The highest BCUT2D eigenvalue weighted by Gasteiger charge is 2.28. The van der Waals surface area contributed by atoms with Crippen molar-refractivity contribution in [1.29, 1.82) is 0 Å². The number of aryl methyl sites for hydroxylation is 3. The van der Waals surface area contributed by atoms with Crippen molar-refractivity contribution in [2.24, 2.45) is 0 Å². The molecule has 0 saturated heterocycles. The minimum Gasteiger partial charge on any atom is -0.870 e. The van der Waals surface area contributed by atoms with Gasteiger partial charge in [-0.15, -0.1) is 0 Å². The summed E-state index contributed by atoms with van der Waals surface area (Å²) in [6, 6.07) is 26.8. The SMILES string of the molecule is Cc1ccc([S+](c2ccc(C)cc2)c2ccc(C)cc2)cc1.[OH-]. The van der Waals surface area contributed by atoms with Gasteiger partial charge in [0.1, 0.15) is 0 Å². The molecule has 3 rings (SSSR count). The highest BCUT2D eigenvalue weighted by atomic mass is 32.2. The molecule has 0 aliphatic heterocycles.